The van der Waals surface area contributed by atoms with Gasteiger partial charge in [-0.15, -0.1) is 0 Å². The number of hydrogen-bond acceptors (Lipinski definition) is 4. The van der Waals surface area contributed by atoms with E-state index < -0.39 is 0 Å². The van der Waals surface area contributed by atoms with Crippen LogP contribution in [0.15, 0.2) is 62.4 Å². The van der Waals surface area contributed by atoms with Crippen molar-refractivity contribution < 1.29 is 0 Å². The topological polar surface area (TPSA) is 40.3 Å². The first-order valence-electron chi connectivity index (χ1n) is 5.00. The lowest BCUT2D eigenvalue weighted by Crippen LogP contribution is -2.34. The van der Waals surface area contributed by atoms with Gasteiger partial charge in [0.1, 0.15) is 12.2 Å². The number of aliphatic imine (C=N–C) groups is 3. The summed E-state index contributed by atoms with van der Waals surface area (Å²) in [6.45, 7) is 5.96. The molecule has 16 heavy (non-hydrogen) atoms. The van der Waals surface area contributed by atoms with Crippen LogP contribution in [0.4, 0.5) is 0 Å². The molecule has 0 aliphatic carbocycles. The third-order valence-electron chi connectivity index (χ3n) is 2.59. The van der Waals surface area contributed by atoms with Crippen LogP contribution in [0.5, 0.6) is 0 Å². The number of hydrogen-bond donors (Lipinski definition) is 0. The van der Waals surface area contributed by atoms with E-state index in [4.69, 9.17) is 0 Å². The molecule has 0 atom stereocenters. The Labute approximate surface area is 93.4 Å². The van der Waals surface area contributed by atoms with E-state index in [2.05, 4.69) is 21.6 Å². The van der Waals surface area contributed by atoms with Gasteiger partial charge in [-0.05, 0) is 30.7 Å². The Bertz CT molecular complexity index is 556. The molecule has 0 aromatic rings. The highest BCUT2D eigenvalue weighted by molar-refractivity contribution is 6.02. The van der Waals surface area contributed by atoms with Gasteiger partial charge in [0.25, 0.3) is 0 Å². The number of allylic oxidation sites excluding steroid dienone is 4. The molecule has 0 bridgehead atoms. The predicted octanol–water partition coefficient (Wildman–Crippen LogP) is 2.01. The maximum atomic E-state index is 4.21. The minimum atomic E-state index is 0.658. The summed E-state index contributed by atoms with van der Waals surface area (Å²) in [5.41, 5.74) is 3.15. The molecule has 0 saturated carbocycles. The summed E-state index contributed by atoms with van der Waals surface area (Å²) in [6, 6.07) is 0. The minimum absolute atomic E-state index is 0.658. The Balaban J connectivity index is 2.21. The zero-order valence-corrected chi connectivity index (χ0v) is 8.88. The zero-order chi connectivity index (χ0) is 11.1. The van der Waals surface area contributed by atoms with E-state index in [0.29, 0.717) is 5.96 Å². The monoisotopic (exact) mass is 210 g/mol. The van der Waals surface area contributed by atoms with Gasteiger partial charge in [-0.25, -0.2) is 15.0 Å². The standard InChI is InChI=1S/C12H10N4/c1-8(2)9-3-4-11-14-7-15-12-13-6-5-10(9)16(11)12/h3-7H,1H2,2H3. The van der Waals surface area contributed by atoms with Crippen LogP contribution >= 0.6 is 0 Å². The van der Waals surface area contributed by atoms with Crippen molar-refractivity contribution >= 4 is 18.5 Å². The smallest absolute Gasteiger partial charge is 0.237 e. The summed E-state index contributed by atoms with van der Waals surface area (Å²) < 4.78 is 0. The van der Waals surface area contributed by atoms with Crippen molar-refractivity contribution in [2.45, 2.75) is 6.92 Å². The molecule has 0 fully saturated rings. The molecule has 4 nitrogen and oxygen atoms in total. The first-order valence-corrected chi connectivity index (χ1v) is 5.00. The summed E-state index contributed by atoms with van der Waals surface area (Å²) in [7, 11) is 0. The lowest BCUT2D eigenvalue weighted by Gasteiger charge is -2.33. The summed E-state index contributed by atoms with van der Waals surface area (Å²) in [4.78, 5) is 14.5. The summed E-state index contributed by atoms with van der Waals surface area (Å²) in [6.07, 6.45) is 9.21. The van der Waals surface area contributed by atoms with Gasteiger partial charge < -0.3 is 0 Å². The van der Waals surface area contributed by atoms with Crippen molar-refractivity contribution in [3.05, 3.63) is 47.5 Å². The van der Waals surface area contributed by atoms with Gasteiger partial charge in [-0.1, -0.05) is 6.58 Å². The van der Waals surface area contributed by atoms with Gasteiger partial charge in [0.15, 0.2) is 0 Å². The van der Waals surface area contributed by atoms with Gasteiger partial charge in [0.2, 0.25) is 5.96 Å². The Morgan fingerprint density at radius 1 is 1.25 bits per heavy atom. The number of rotatable bonds is 1. The van der Waals surface area contributed by atoms with E-state index in [1.54, 1.807) is 6.21 Å². The van der Waals surface area contributed by atoms with Crippen LogP contribution < -0.4 is 0 Å². The maximum absolute atomic E-state index is 4.21. The van der Waals surface area contributed by atoms with Crippen LogP contribution in [0, 0.1) is 0 Å². The Morgan fingerprint density at radius 2 is 2.12 bits per heavy atom. The van der Waals surface area contributed by atoms with Gasteiger partial charge in [0.05, 0.1) is 5.70 Å². The third-order valence-corrected chi connectivity index (χ3v) is 2.59. The molecule has 3 rings (SSSR count). The fourth-order valence-corrected chi connectivity index (χ4v) is 1.86. The van der Waals surface area contributed by atoms with E-state index in [0.717, 1.165) is 22.7 Å². The van der Waals surface area contributed by atoms with Crippen LogP contribution in [0.1, 0.15) is 6.92 Å². The molecular formula is C12H10N4. The van der Waals surface area contributed by atoms with Crippen LogP contribution in [0.2, 0.25) is 0 Å². The predicted molar refractivity (Wildman–Crippen MR) is 65.3 cm³/mol. The second-order valence-electron chi connectivity index (χ2n) is 3.72. The average Bonchev–Trinajstić information content (AvgIpc) is 2.30. The molecule has 4 heteroatoms. The molecule has 78 valence electrons. The molecule has 0 spiro atoms. The first kappa shape index (κ1) is 9.03. The molecule has 3 aliphatic rings. The highest BCUT2D eigenvalue weighted by Crippen LogP contribution is 2.32. The van der Waals surface area contributed by atoms with Crippen molar-refractivity contribution in [3.8, 4) is 0 Å². The highest BCUT2D eigenvalue weighted by atomic mass is 15.4. The molecule has 0 N–H and O–H groups in total. The quantitative estimate of drug-likeness (QED) is 0.652. The molecule has 3 heterocycles. The minimum Gasteiger partial charge on any atom is -0.262 e. The Morgan fingerprint density at radius 3 is 2.94 bits per heavy atom. The van der Waals surface area contributed by atoms with E-state index in [1.807, 2.05) is 30.1 Å². The van der Waals surface area contributed by atoms with E-state index >= 15 is 0 Å². The SMILES string of the molecule is C=C(C)C1=CC=C2N=CN=C3N=CC=C1N23. The molecule has 0 aromatic carbocycles. The van der Waals surface area contributed by atoms with Crippen molar-refractivity contribution in [2.75, 3.05) is 0 Å². The van der Waals surface area contributed by atoms with Crippen molar-refractivity contribution in [1.82, 2.24) is 4.90 Å². The fourth-order valence-electron chi connectivity index (χ4n) is 1.86. The largest absolute Gasteiger partial charge is 0.262 e. The molecule has 0 saturated heterocycles. The van der Waals surface area contributed by atoms with E-state index in [-0.39, 0.29) is 0 Å². The van der Waals surface area contributed by atoms with Crippen LogP contribution in [-0.4, -0.2) is 23.4 Å². The summed E-state index contributed by atoms with van der Waals surface area (Å²) in [5, 5.41) is 0. The number of nitrogens with zero attached hydrogens (tertiary/aromatic N) is 4. The van der Waals surface area contributed by atoms with Crippen LogP contribution in [-0.2, 0) is 0 Å². The van der Waals surface area contributed by atoms with Gasteiger partial charge in [0, 0.05) is 11.8 Å². The van der Waals surface area contributed by atoms with Crippen molar-refractivity contribution in [1.29, 1.82) is 0 Å². The Hall–Kier alpha value is -2.23. The van der Waals surface area contributed by atoms with Crippen LogP contribution in [0.25, 0.3) is 0 Å². The summed E-state index contributed by atoms with van der Waals surface area (Å²) in [5.74, 6) is 1.50. The second kappa shape index (κ2) is 3.13. The Kier molecular flexibility index (Phi) is 1.77. The van der Waals surface area contributed by atoms with Crippen LogP contribution in [0.3, 0.4) is 0 Å². The van der Waals surface area contributed by atoms with Gasteiger partial charge >= 0.3 is 0 Å². The molecule has 0 radical (unpaired) electrons. The fraction of sp³-hybridized carbons (Fsp3) is 0.0833. The normalized spacial score (nSPS) is 20.7. The van der Waals surface area contributed by atoms with Crippen molar-refractivity contribution in [2.24, 2.45) is 15.0 Å². The summed E-state index contributed by atoms with van der Waals surface area (Å²) >= 11 is 0. The molecule has 0 amide bonds. The molecule has 0 aromatic heterocycles. The van der Waals surface area contributed by atoms with E-state index in [9.17, 15) is 0 Å². The van der Waals surface area contributed by atoms with Gasteiger partial charge in [-0.2, -0.15) is 0 Å². The second-order valence-corrected chi connectivity index (χ2v) is 3.72. The van der Waals surface area contributed by atoms with Crippen molar-refractivity contribution in [3.63, 3.8) is 0 Å². The van der Waals surface area contributed by atoms with E-state index in [1.165, 1.54) is 6.34 Å². The molecule has 3 aliphatic heterocycles. The number of guanidine groups is 1. The maximum Gasteiger partial charge on any atom is 0.237 e. The lowest BCUT2D eigenvalue weighted by molar-refractivity contribution is 0.610. The molecule has 0 unspecified atom stereocenters. The lowest BCUT2D eigenvalue weighted by atomic mass is 10.0. The average molecular weight is 210 g/mol. The molecular weight excluding hydrogens is 200 g/mol. The third kappa shape index (κ3) is 1.13. The van der Waals surface area contributed by atoms with Gasteiger partial charge in [-0.3, -0.25) is 4.90 Å². The first-order chi connectivity index (χ1) is 7.77. The zero-order valence-electron chi connectivity index (χ0n) is 8.88. The highest BCUT2D eigenvalue weighted by Gasteiger charge is 2.28.